The van der Waals surface area contributed by atoms with Gasteiger partial charge in [-0.15, -0.1) is 0 Å². The van der Waals surface area contributed by atoms with Gasteiger partial charge in [0.2, 0.25) is 0 Å². The molecule has 0 radical (unpaired) electrons. The predicted octanol–water partition coefficient (Wildman–Crippen LogP) is 1.48. The molecule has 19 heavy (non-hydrogen) atoms. The highest BCUT2D eigenvalue weighted by atomic mass is 16.5. The van der Waals surface area contributed by atoms with Crippen molar-refractivity contribution >= 4 is 11.8 Å². The lowest BCUT2D eigenvalue weighted by Crippen LogP contribution is -2.26. The molecule has 104 valence electrons. The molecule has 1 aromatic rings. The smallest absolute Gasteiger partial charge is 0.354 e. The van der Waals surface area contributed by atoms with Crippen molar-refractivity contribution in [2.75, 3.05) is 26.2 Å². The maximum absolute atomic E-state index is 12.1. The Morgan fingerprint density at radius 1 is 1.32 bits per heavy atom. The lowest BCUT2D eigenvalue weighted by Gasteiger charge is -2.12. The Morgan fingerprint density at radius 2 is 2.00 bits per heavy atom. The Balaban J connectivity index is 2.05. The van der Waals surface area contributed by atoms with E-state index in [0.29, 0.717) is 24.4 Å². The number of carbonyl (C=O) groups excluding carboxylic acids is 2. The van der Waals surface area contributed by atoms with Crippen LogP contribution in [0.15, 0.2) is 12.3 Å². The van der Waals surface area contributed by atoms with E-state index >= 15 is 0 Å². The largest absolute Gasteiger partial charge is 0.461 e. The third kappa shape index (κ3) is 3.23. The van der Waals surface area contributed by atoms with Gasteiger partial charge in [0.25, 0.3) is 0 Å². The lowest BCUT2D eigenvalue weighted by molar-refractivity contribution is 0.0515. The van der Waals surface area contributed by atoms with Gasteiger partial charge in [0.05, 0.1) is 13.2 Å². The van der Waals surface area contributed by atoms with Gasteiger partial charge in [-0.3, -0.25) is 9.69 Å². The molecule has 0 spiro atoms. The Hall–Kier alpha value is -1.62. The van der Waals surface area contributed by atoms with Crippen LogP contribution in [0.25, 0.3) is 0 Å². The molecule has 0 unspecified atom stereocenters. The molecule has 1 fully saturated rings. The Morgan fingerprint density at radius 3 is 2.63 bits per heavy atom. The second kappa shape index (κ2) is 6.02. The van der Waals surface area contributed by atoms with Crippen molar-refractivity contribution < 1.29 is 14.3 Å². The first-order chi connectivity index (χ1) is 9.11. The molecule has 0 aliphatic carbocycles. The maximum atomic E-state index is 12.1. The van der Waals surface area contributed by atoms with Crippen molar-refractivity contribution in [2.45, 2.75) is 19.8 Å². The Labute approximate surface area is 113 Å². The second-order valence-corrected chi connectivity index (χ2v) is 4.85. The lowest BCUT2D eigenvalue weighted by atomic mass is 10.2. The molecule has 1 aromatic heterocycles. The number of rotatable bonds is 5. The highest BCUT2D eigenvalue weighted by molar-refractivity contribution is 6.00. The van der Waals surface area contributed by atoms with Crippen LogP contribution in [0.5, 0.6) is 0 Å². The number of likely N-dealkylation sites (tertiary alicyclic amines) is 1. The van der Waals surface area contributed by atoms with Crippen LogP contribution in [0.2, 0.25) is 0 Å². The van der Waals surface area contributed by atoms with E-state index in [1.807, 2.05) is 0 Å². The van der Waals surface area contributed by atoms with Crippen molar-refractivity contribution in [1.29, 1.82) is 0 Å². The minimum atomic E-state index is -0.384. The van der Waals surface area contributed by atoms with Gasteiger partial charge >= 0.3 is 5.97 Å². The van der Waals surface area contributed by atoms with Crippen LogP contribution in [0, 0.1) is 0 Å². The summed E-state index contributed by atoms with van der Waals surface area (Å²) in [5.41, 5.74) is 1.00. The molecular weight excluding hydrogens is 244 g/mol. The molecule has 0 amide bonds. The SMILES string of the molecule is CCOC(=O)c1cc(C(=O)CN2CCCC2)cn1C. The zero-order chi connectivity index (χ0) is 13.8. The molecule has 0 aromatic carbocycles. The topological polar surface area (TPSA) is 51.5 Å². The van der Waals surface area contributed by atoms with Gasteiger partial charge in [0.15, 0.2) is 5.78 Å². The number of carbonyl (C=O) groups is 2. The summed E-state index contributed by atoms with van der Waals surface area (Å²) in [4.78, 5) is 26.0. The molecule has 0 N–H and O–H groups in total. The van der Waals surface area contributed by atoms with Crippen LogP contribution in [0.3, 0.4) is 0 Å². The van der Waals surface area contributed by atoms with Crippen molar-refractivity contribution in [3.05, 3.63) is 23.5 Å². The third-order valence-electron chi connectivity index (χ3n) is 3.38. The minimum Gasteiger partial charge on any atom is -0.461 e. The summed E-state index contributed by atoms with van der Waals surface area (Å²) in [6.45, 7) is 4.51. The van der Waals surface area contributed by atoms with Crippen LogP contribution in [-0.4, -0.2) is 47.5 Å². The minimum absolute atomic E-state index is 0.0630. The van der Waals surface area contributed by atoms with E-state index in [-0.39, 0.29) is 11.8 Å². The molecular formula is C14H20N2O3. The number of aromatic nitrogens is 1. The van der Waals surface area contributed by atoms with E-state index in [0.717, 1.165) is 25.9 Å². The van der Waals surface area contributed by atoms with Crippen molar-refractivity contribution in [1.82, 2.24) is 9.47 Å². The molecule has 0 saturated carbocycles. The third-order valence-corrected chi connectivity index (χ3v) is 3.38. The van der Waals surface area contributed by atoms with Gasteiger partial charge in [-0.25, -0.2) is 4.79 Å². The van der Waals surface area contributed by atoms with Gasteiger partial charge in [-0.05, 0) is 38.9 Å². The highest BCUT2D eigenvalue weighted by Gasteiger charge is 2.20. The predicted molar refractivity (Wildman–Crippen MR) is 71.4 cm³/mol. The number of ether oxygens (including phenoxy) is 1. The number of esters is 1. The van der Waals surface area contributed by atoms with Gasteiger partial charge in [-0.1, -0.05) is 0 Å². The summed E-state index contributed by atoms with van der Waals surface area (Å²) in [6.07, 6.45) is 4.02. The molecule has 1 saturated heterocycles. The number of Topliss-reactive ketones (excluding diaryl/α,β-unsaturated/α-hetero) is 1. The first-order valence-corrected chi connectivity index (χ1v) is 6.71. The first kappa shape index (κ1) is 13.8. The van der Waals surface area contributed by atoms with E-state index in [4.69, 9.17) is 4.74 Å². The van der Waals surface area contributed by atoms with Crippen LogP contribution in [0.1, 0.15) is 40.6 Å². The standard InChI is InChI=1S/C14H20N2O3/c1-3-19-14(18)12-8-11(9-15(12)2)13(17)10-16-6-4-5-7-16/h8-9H,3-7,10H2,1-2H3. The van der Waals surface area contributed by atoms with Crippen LogP contribution in [0.4, 0.5) is 0 Å². The quantitative estimate of drug-likeness (QED) is 0.597. The summed E-state index contributed by atoms with van der Waals surface area (Å²) < 4.78 is 6.60. The Kier molecular flexibility index (Phi) is 4.37. The number of aryl methyl sites for hydroxylation is 1. The Bertz CT molecular complexity index is 473. The molecule has 2 rings (SSSR count). The molecule has 1 aliphatic rings. The van der Waals surface area contributed by atoms with Gasteiger partial charge in [-0.2, -0.15) is 0 Å². The molecule has 1 aliphatic heterocycles. The summed E-state index contributed by atoms with van der Waals surface area (Å²) in [5, 5.41) is 0. The van der Waals surface area contributed by atoms with Crippen LogP contribution >= 0.6 is 0 Å². The van der Waals surface area contributed by atoms with Gasteiger partial charge in [0, 0.05) is 18.8 Å². The van der Waals surface area contributed by atoms with Gasteiger partial charge in [0.1, 0.15) is 5.69 Å². The summed E-state index contributed by atoms with van der Waals surface area (Å²) in [7, 11) is 1.75. The first-order valence-electron chi connectivity index (χ1n) is 6.71. The number of nitrogens with zero attached hydrogens (tertiary/aromatic N) is 2. The average molecular weight is 264 g/mol. The van der Waals surface area contributed by atoms with Crippen molar-refractivity contribution in [2.24, 2.45) is 7.05 Å². The zero-order valence-electron chi connectivity index (χ0n) is 11.5. The summed E-state index contributed by atoms with van der Waals surface area (Å²) >= 11 is 0. The number of ketones is 1. The molecule has 0 atom stereocenters. The van der Waals surface area contributed by atoms with E-state index in [1.54, 1.807) is 30.8 Å². The normalized spacial score (nSPS) is 15.7. The molecule has 5 heteroatoms. The second-order valence-electron chi connectivity index (χ2n) is 4.85. The summed E-state index contributed by atoms with van der Waals surface area (Å²) in [5.74, 6) is -0.321. The summed E-state index contributed by atoms with van der Waals surface area (Å²) in [6, 6.07) is 1.62. The maximum Gasteiger partial charge on any atom is 0.354 e. The van der Waals surface area contributed by atoms with E-state index < -0.39 is 0 Å². The monoisotopic (exact) mass is 264 g/mol. The fourth-order valence-electron chi connectivity index (χ4n) is 2.36. The van der Waals surface area contributed by atoms with Gasteiger partial charge < -0.3 is 9.30 Å². The average Bonchev–Trinajstić information content (AvgIpc) is 2.98. The van der Waals surface area contributed by atoms with Crippen molar-refractivity contribution in [3.63, 3.8) is 0 Å². The zero-order valence-corrected chi connectivity index (χ0v) is 11.5. The van der Waals surface area contributed by atoms with E-state index in [1.165, 1.54) is 0 Å². The number of hydrogen-bond acceptors (Lipinski definition) is 4. The van der Waals surface area contributed by atoms with Crippen molar-refractivity contribution in [3.8, 4) is 0 Å². The molecule has 0 bridgehead atoms. The van der Waals surface area contributed by atoms with E-state index in [2.05, 4.69) is 4.90 Å². The van der Waals surface area contributed by atoms with Crippen LogP contribution < -0.4 is 0 Å². The molecule has 2 heterocycles. The van der Waals surface area contributed by atoms with Crippen LogP contribution in [-0.2, 0) is 11.8 Å². The van der Waals surface area contributed by atoms with E-state index in [9.17, 15) is 9.59 Å². The molecule has 5 nitrogen and oxygen atoms in total. The highest BCUT2D eigenvalue weighted by Crippen LogP contribution is 2.13. The number of hydrogen-bond donors (Lipinski definition) is 0. The fraction of sp³-hybridized carbons (Fsp3) is 0.571. The fourth-order valence-corrected chi connectivity index (χ4v) is 2.36.